The Kier molecular flexibility index (Phi) is 6.56. The molecular formula is C20H24O5. The van der Waals surface area contributed by atoms with E-state index < -0.39 is 5.79 Å². The highest BCUT2D eigenvalue weighted by Gasteiger charge is 2.43. The van der Waals surface area contributed by atoms with Gasteiger partial charge < -0.3 is 18.9 Å². The van der Waals surface area contributed by atoms with Crippen molar-refractivity contribution in [3.8, 4) is 11.5 Å². The highest BCUT2D eigenvalue weighted by atomic mass is 16.7. The van der Waals surface area contributed by atoms with Crippen LogP contribution in [0.5, 0.6) is 11.5 Å². The molecule has 0 aliphatic carbocycles. The molecule has 0 saturated heterocycles. The molecule has 0 atom stereocenters. The van der Waals surface area contributed by atoms with Crippen LogP contribution in [0.3, 0.4) is 0 Å². The predicted octanol–water partition coefficient (Wildman–Crippen LogP) is 3.81. The zero-order chi connectivity index (χ0) is 18.3. The van der Waals surface area contributed by atoms with Gasteiger partial charge in [0.2, 0.25) is 5.78 Å². The molecular weight excluding hydrogens is 320 g/mol. The minimum atomic E-state index is -1.50. The van der Waals surface area contributed by atoms with Crippen LogP contribution in [0.1, 0.15) is 29.8 Å². The van der Waals surface area contributed by atoms with Gasteiger partial charge in [-0.1, -0.05) is 0 Å². The zero-order valence-corrected chi connectivity index (χ0v) is 15.1. The van der Waals surface area contributed by atoms with Crippen LogP contribution < -0.4 is 9.47 Å². The van der Waals surface area contributed by atoms with Crippen molar-refractivity contribution in [1.82, 2.24) is 0 Å². The lowest BCUT2D eigenvalue weighted by molar-refractivity contribution is -0.204. The molecule has 134 valence electrons. The number of carbonyl (C=O) groups is 1. The summed E-state index contributed by atoms with van der Waals surface area (Å²) >= 11 is 0. The van der Waals surface area contributed by atoms with Crippen LogP contribution in [0.15, 0.2) is 48.5 Å². The molecule has 0 aromatic heterocycles. The maximum Gasteiger partial charge on any atom is 0.261 e. The quantitative estimate of drug-likeness (QED) is 0.511. The van der Waals surface area contributed by atoms with E-state index in [-0.39, 0.29) is 5.78 Å². The normalized spacial score (nSPS) is 11.2. The highest BCUT2D eigenvalue weighted by Crippen LogP contribution is 2.33. The van der Waals surface area contributed by atoms with Crippen LogP contribution >= 0.6 is 0 Å². The van der Waals surface area contributed by atoms with Gasteiger partial charge in [0.1, 0.15) is 11.5 Å². The van der Waals surface area contributed by atoms with Crippen LogP contribution in [0.2, 0.25) is 0 Å². The van der Waals surface area contributed by atoms with Crippen molar-refractivity contribution < 1.29 is 23.7 Å². The van der Waals surface area contributed by atoms with Crippen molar-refractivity contribution in [2.24, 2.45) is 0 Å². The summed E-state index contributed by atoms with van der Waals surface area (Å²) in [5.41, 5.74) is 1.11. The molecule has 0 unspecified atom stereocenters. The number of benzene rings is 2. The fraction of sp³-hybridized carbons (Fsp3) is 0.350. The first-order valence-electron chi connectivity index (χ1n) is 8.22. The van der Waals surface area contributed by atoms with E-state index in [0.29, 0.717) is 35.8 Å². The zero-order valence-electron chi connectivity index (χ0n) is 15.1. The summed E-state index contributed by atoms with van der Waals surface area (Å²) in [6.07, 6.45) is 0. The van der Waals surface area contributed by atoms with E-state index in [1.54, 1.807) is 62.8 Å². The maximum absolute atomic E-state index is 13.3. The molecule has 0 fully saturated rings. The first-order chi connectivity index (χ1) is 12.1. The lowest BCUT2D eigenvalue weighted by Gasteiger charge is -2.32. The Labute approximate surface area is 148 Å². The van der Waals surface area contributed by atoms with Gasteiger partial charge in [-0.15, -0.1) is 0 Å². The third kappa shape index (κ3) is 4.00. The molecule has 2 aromatic carbocycles. The monoisotopic (exact) mass is 344 g/mol. The summed E-state index contributed by atoms with van der Waals surface area (Å²) in [4.78, 5) is 13.3. The molecule has 2 aromatic rings. The average Bonchev–Trinajstić information content (AvgIpc) is 2.67. The second kappa shape index (κ2) is 8.65. The lowest BCUT2D eigenvalue weighted by atomic mass is 9.95. The van der Waals surface area contributed by atoms with E-state index in [0.717, 1.165) is 0 Å². The van der Waals surface area contributed by atoms with Gasteiger partial charge in [0, 0.05) is 24.3 Å². The molecule has 0 aliphatic rings. The molecule has 0 spiro atoms. The van der Waals surface area contributed by atoms with Gasteiger partial charge in [0.25, 0.3) is 5.79 Å². The molecule has 0 radical (unpaired) electrons. The summed E-state index contributed by atoms with van der Waals surface area (Å²) in [5.74, 6) is -0.379. The molecule has 5 nitrogen and oxygen atoms in total. The van der Waals surface area contributed by atoms with Crippen molar-refractivity contribution in [2.45, 2.75) is 19.6 Å². The molecule has 0 bridgehead atoms. The summed E-state index contributed by atoms with van der Waals surface area (Å²) < 4.78 is 22.1. The van der Waals surface area contributed by atoms with E-state index >= 15 is 0 Å². The number of carbonyl (C=O) groups excluding carboxylic acids is 1. The number of Topliss-reactive ketones (excluding diaryl/α,β-unsaturated/α-hetero) is 1. The van der Waals surface area contributed by atoms with Gasteiger partial charge in [-0.25, -0.2) is 0 Å². The molecule has 0 amide bonds. The fourth-order valence-corrected chi connectivity index (χ4v) is 2.62. The minimum absolute atomic E-state index is 0.260. The van der Waals surface area contributed by atoms with Crippen LogP contribution in [0.4, 0.5) is 0 Å². The Morgan fingerprint density at radius 1 is 0.800 bits per heavy atom. The highest BCUT2D eigenvalue weighted by molar-refractivity contribution is 6.02. The minimum Gasteiger partial charge on any atom is -0.497 e. The van der Waals surface area contributed by atoms with Crippen molar-refractivity contribution in [2.75, 3.05) is 27.4 Å². The Hall–Kier alpha value is -2.37. The SMILES string of the molecule is CCOC(OCC)(C(=O)c1ccc(OC)cc1)c1ccc(OC)cc1. The van der Waals surface area contributed by atoms with E-state index in [2.05, 4.69) is 0 Å². The number of methoxy groups -OCH3 is 2. The first-order valence-corrected chi connectivity index (χ1v) is 8.22. The van der Waals surface area contributed by atoms with Gasteiger partial charge in [-0.05, 0) is 62.4 Å². The topological polar surface area (TPSA) is 54.0 Å². The van der Waals surface area contributed by atoms with E-state index in [1.807, 2.05) is 13.8 Å². The van der Waals surface area contributed by atoms with Gasteiger partial charge in [0.15, 0.2) is 0 Å². The van der Waals surface area contributed by atoms with Gasteiger partial charge >= 0.3 is 0 Å². The van der Waals surface area contributed by atoms with E-state index in [4.69, 9.17) is 18.9 Å². The number of hydrogen-bond donors (Lipinski definition) is 0. The smallest absolute Gasteiger partial charge is 0.261 e. The van der Waals surface area contributed by atoms with Crippen LogP contribution in [-0.2, 0) is 15.3 Å². The predicted molar refractivity (Wildman–Crippen MR) is 95.2 cm³/mol. The molecule has 0 heterocycles. The fourth-order valence-electron chi connectivity index (χ4n) is 2.62. The van der Waals surface area contributed by atoms with Crippen LogP contribution in [0, 0.1) is 0 Å². The van der Waals surface area contributed by atoms with Gasteiger partial charge in [0.05, 0.1) is 14.2 Å². The Morgan fingerprint density at radius 2 is 1.24 bits per heavy atom. The number of rotatable bonds is 9. The van der Waals surface area contributed by atoms with Gasteiger partial charge in [-0.2, -0.15) is 0 Å². The van der Waals surface area contributed by atoms with E-state index in [9.17, 15) is 4.79 Å². The Bertz CT molecular complexity index is 670. The average molecular weight is 344 g/mol. The van der Waals surface area contributed by atoms with Crippen LogP contribution in [0.25, 0.3) is 0 Å². The number of hydrogen-bond acceptors (Lipinski definition) is 5. The second-order valence-electron chi connectivity index (χ2n) is 5.27. The Balaban J connectivity index is 2.49. The largest absolute Gasteiger partial charge is 0.497 e. The van der Waals surface area contributed by atoms with E-state index in [1.165, 1.54) is 0 Å². The molecule has 0 saturated carbocycles. The standard InChI is InChI=1S/C20H24O5/c1-5-24-20(25-6-2,16-9-13-18(23-4)14-10-16)19(21)15-7-11-17(22-3)12-8-15/h7-14H,5-6H2,1-4H3. The third-order valence-corrected chi connectivity index (χ3v) is 3.82. The second-order valence-corrected chi connectivity index (χ2v) is 5.27. The molecule has 0 N–H and O–H groups in total. The van der Waals surface area contributed by atoms with Crippen molar-refractivity contribution in [3.63, 3.8) is 0 Å². The van der Waals surface area contributed by atoms with Crippen LogP contribution in [-0.4, -0.2) is 33.2 Å². The van der Waals surface area contributed by atoms with Crippen molar-refractivity contribution in [1.29, 1.82) is 0 Å². The maximum atomic E-state index is 13.3. The lowest BCUT2D eigenvalue weighted by Crippen LogP contribution is -2.42. The molecule has 0 aliphatic heterocycles. The first kappa shape index (κ1) is 19.0. The van der Waals surface area contributed by atoms with Gasteiger partial charge in [-0.3, -0.25) is 4.79 Å². The summed E-state index contributed by atoms with van der Waals surface area (Å²) in [6, 6.07) is 14.0. The third-order valence-electron chi connectivity index (χ3n) is 3.82. The summed E-state index contributed by atoms with van der Waals surface area (Å²) in [6.45, 7) is 4.32. The Morgan fingerprint density at radius 3 is 1.64 bits per heavy atom. The molecule has 25 heavy (non-hydrogen) atoms. The summed E-state index contributed by atoms with van der Waals surface area (Å²) in [5, 5.41) is 0. The van der Waals surface area contributed by atoms with Crippen molar-refractivity contribution in [3.05, 3.63) is 59.7 Å². The van der Waals surface area contributed by atoms with Crippen molar-refractivity contribution >= 4 is 5.78 Å². The molecule has 5 heteroatoms. The summed E-state index contributed by atoms with van der Waals surface area (Å²) in [7, 11) is 3.18. The molecule has 2 rings (SSSR count). The number of ketones is 1. The number of ether oxygens (including phenoxy) is 4.